The number of aromatic hydroxyl groups is 1. The number of hydrogen-bond acceptors (Lipinski definition) is 6. The maximum absolute atomic E-state index is 12.4. The number of nitro benzene ring substituents is 1. The number of amides is 1. The largest absolute Gasteiger partial charge is 0.506 e. The van der Waals surface area contributed by atoms with Crippen molar-refractivity contribution in [1.29, 1.82) is 0 Å². The van der Waals surface area contributed by atoms with Gasteiger partial charge in [-0.2, -0.15) is 0 Å². The molecule has 0 atom stereocenters. The molecule has 0 aliphatic heterocycles. The molecule has 148 valence electrons. The lowest BCUT2D eigenvalue weighted by Crippen LogP contribution is -2.33. The van der Waals surface area contributed by atoms with E-state index in [2.05, 4.69) is 10.6 Å². The lowest BCUT2D eigenvalue weighted by Gasteiger charge is -2.11. The van der Waals surface area contributed by atoms with Gasteiger partial charge in [0, 0.05) is 6.07 Å². The summed E-state index contributed by atoms with van der Waals surface area (Å²) in [5.74, 6) is -0.502. The third-order valence-corrected chi connectivity index (χ3v) is 4.34. The molecule has 1 amide bonds. The molecule has 1 heterocycles. The van der Waals surface area contributed by atoms with Gasteiger partial charge in [0.1, 0.15) is 11.5 Å². The predicted molar refractivity (Wildman–Crippen MR) is 112 cm³/mol. The van der Waals surface area contributed by atoms with Gasteiger partial charge >= 0.3 is 0 Å². The summed E-state index contributed by atoms with van der Waals surface area (Å²) in [5, 5.41) is 26.3. The van der Waals surface area contributed by atoms with Crippen LogP contribution in [0.2, 0.25) is 0 Å². The van der Waals surface area contributed by atoms with Crippen LogP contribution in [0.25, 0.3) is 11.3 Å². The Labute approximate surface area is 171 Å². The lowest BCUT2D eigenvalue weighted by molar-refractivity contribution is -0.384. The van der Waals surface area contributed by atoms with Gasteiger partial charge in [0.2, 0.25) is 0 Å². The molecule has 9 heteroatoms. The van der Waals surface area contributed by atoms with Crippen molar-refractivity contribution in [2.45, 2.75) is 13.3 Å². The standard InChI is InChI=1S/C20H17N3O5S/c1-2-12-7-8-16(24)14(11-12)21-20(29)22-19(25)18-10-9-17(28-18)13-5-3-4-6-15(13)23(26)27/h3-11,24H,2H2,1H3,(H2,21,22,25,29). The topological polar surface area (TPSA) is 118 Å². The van der Waals surface area contributed by atoms with Crippen LogP contribution >= 0.6 is 12.2 Å². The Kier molecular flexibility index (Phi) is 5.89. The highest BCUT2D eigenvalue weighted by molar-refractivity contribution is 7.80. The highest BCUT2D eigenvalue weighted by atomic mass is 32.1. The number of nitrogens with zero attached hydrogens (tertiary/aromatic N) is 1. The zero-order valence-corrected chi connectivity index (χ0v) is 16.2. The minimum atomic E-state index is -0.626. The van der Waals surface area contributed by atoms with Gasteiger partial charge in [-0.15, -0.1) is 0 Å². The highest BCUT2D eigenvalue weighted by Crippen LogP contribution is 2.31. The lowest BCUT2D eigenvalue weighted by atomic mass is 10.1. The van der Waals surface area contributed by atoms with Crippen LogP contribution in [0.3, 0.4) is 0 Å². The maximum Gasteiger partial charge on any atom is 0.293 e. The summed E-state index contributed by atoms with van der Waals surface area (Å²) in [5.41, 5.74) is 1.49. The molecule has 0 bridgehead atoms. The predicted octanol–water partition coefficient (Wildman–Crippen LogP) is 4.25. The average molecular weight is 411 g/mol. The van der Waals surface area contributed by atoms with Crippen molar-refractivity contribution in [2.75, 3.05) is 5.32 Å². The van der Waals surface area contributed by atoms with Crippen molar-refractivity contribution in [3.05, 3.63) is 76.0 Å². The van der Waals surface area contributed by atoms with E-state index in [9.17, 15) is 20.0 Å². The van der Waals surface area contributed by atoms with E-state index in [1.165, 1.54) is 30.3 Å². The second-order valence-electron chi connectivity index (χ2n) is 6.05. The Hall–Kier alpha value is -3.72. The monoisotopic (exact) mass is 411 g/mol. The molecule has 0 fully saturated rings. The van der Waals surface area contributed by atoms with Crippen LogP contribution in [0.15, 0.2) is 59.0 Å². The molecule has 8 nitrogen and oxygen atoms in total. The number of aryl methyl sites for hydroxylation is 1. The highest BCUT2D eigenvalue weighted by Gasteiger charge is 2.20. The molecule has 0 spiro atoms. The number of benzene rings is 2. The number of hydrogen-bond donors (Lipinski definition) is 3. The summed E-state index contributed by atoms with van der Waals surface area (Å²) < 4.78 is 5.48. The Balaban J connectivity index is 1.73. The normalized spacial score (nSPS) is 10.4. The van der Waals surface area contributed by atoms with Crippen LogP contribution in [-0.2, 0) is 6.42 Å². The Morgan fingerprint density at radius 2 is 1.97 bits per heavy atom. The molecule has 3 rings (SSSR count). The van der Waals surface area contributed by atoms with Gasteiger partial charge in [0.15, 0.2) is 10.9 Å². The van der Waals surface area contributed by atoms with Crippen molar-refractivity contribution in [2.24, 2.45) is 0 Å². The number of nitro groups is 1. The first-order chi connectivity index (χ1) is 13.9. The van der Waals surface area contributed by atoms with Gasteiger partial charge in [-0.1, -0.05) is 25.1 Å². The SMILES string of the molecule is CCc1ccc(O)c(NC(=S)NC(=O)c2ccc(-c3ccccc3[N+](=O)[O-])o2)c1. The smallest absolute Gasteiger partial charge is 0.293 e. The van der Waals surface area contributed by atoms with Crippen LogP contribution in [-0.4, -0.2) is 21.0 Å². The van der Waals surface area contributed by atoms with Crippen molar-refractivity contribution in [1.82, 2.24) is 5.32 Å². The first kappa shape index (κ1) is 20.0. The van der Waals surface area contributed by atoms with Crippen LogP contribution in [0.4, 0.5) is 11.4 Å². The fourth-order valence-corrected chi connectivity index (χ4v) is 2.87. The number of anilines is 1. The Bertz CT molecular complexity index is 1090. The molecule has 1 aromatic heterocycles. The molecule has 0 radical (unpaired) electrons. The van der Waals surface area contributed by atoms with Crippen LogP contribution in [0, 0.1) is 10.1 Å². The van der Waals surface area contributed by atoms with Gasteiger partial charge in [-0.05, 0) is 54.5 Å². The number of furan rings is 1. The number of thiocarbonyl (C=S) groups is 1. The molecule has 2 aromatic carbocycles. The molecular weight excluding hydrogens is 394 g/mol. The molecule has 3 N–H and O–H groups in total. The maximum atomic E-state index is 12.4. The molecule has 29 heavy (non-hydrogen) atoms. The van der Waals surface area contributed by atoms with E-state index in [0.717, 1.165) is 12.0 Å². The van der Waals surface area contributed by atoms with Crippen molar-refractivity contribution < 1.29 is 19.2 Å². The number of nitrogens with one attached hydrogen (secondary N) is 2. The summed E-state index contributed by atoms with van der Waals surface area (Å²) in [6.45, 7) is 1.97. The number of phenols is 1. The summed E-state index contributed by atoms with van der Waals surface area (Å²) in [7, 11) is 0. The number of carbonyl (C=O) groups excluding carboxylic acids is 1. The van der Waals surface area contributed by atoms with Gasteiger partial charge < -0.3 is 14.8 Å². The average Bonchev–Trinajstić information content (AvgIpc) is 3.20. The van der Waals surface area contributed by atoms with E-state index in [-0.39, 0.29) is 33.6 Å². The van der Waals surface area contributed by atoms with E-state index >= 15 is 0 Å². The van der Waals surface area contributed by atoms with Gasteiger partial charge in [-0.25, -0.2) is 0 Å². The zero-order chi connectivity index (χ0) is 21.0. The Morgan fingerprint density at radius 3 is 2.69 bits per heavy atom. The third kappa shape index (κ3) is 4.58. The molecule has 0 saturated carbocycles. The molecule has 0 saturated heterocycles. The molecule has 0 unspecified atom stereocenters. The quantitative estimate of drug-likeness (QED) is 0.249. The van der Waals surface area contributed by atoms with Crippen molar-refractivity contribution in [3.8, 4) is 17.1 Å². The minimum Gasteiger partial charge on any atom is -0.506 e. The first-order valence-corrected chi connectivity index (χ1v) is 9.07. The second kappa shape index (κ2) is 8.53. The summed E-state index contributed by atoms with van der Waals surface area (Å²) in [4.78, 5) is 23.0. The summed E-state index contributed by atoms with van der Waals surface area (Å²) in [6, 6.07) is 14.0. The first-order valence-electron chi connectivity index (χ1n) is 8.67. The van der Waals surface area contributed by atoms with Gasteiger partial charge in [0.05, 0.1) is 16.2 Å². The van der Waals surface area contributed by atoms with Crippen LogP contribution < -0.4 is 10.6 Å². The third-order valence-electron chi connectivity index (χ3n) is 4.14. The van der Waals surface area contributed by atoms with Gasteiger partial charge in [0.25, 0.3) is 11.6 Å². The molecule has 3 aromatic rings. The fourth-order valence-electron chi connectivity index (χ4n) is 2.67. The van der Waals surface area contributed by atoms with Crippen LogP contribution in [0.1, 0.15) is 23.0 Å². The minimum absolute atomic E-state index is 0.00419. The molecular formula is C20H17N3O5S. The second-order valence-corrected chi connectivity index (χ2v) is 6.46. The van der Waals surface area contributed by atoms with E-state index in [4.69, 9.17) is 16.6 Å². The van der Waals surface area contributed by atoms with E-state index in [1.54, 1.807) is 24.3 Å². The van der Waals surface area contributed by atoms with E-state index in [0.29, 0.717) is 5.69 Å². The number of carbonyl (C=O) groups is 1. The van der Waals surface area contributed by atoms with E-state index < -0.39 is 10.8 Å². The zero-order valence-electron chi connectivity index (χ0n) is 15.3. The summed E-state index contributed by atoms with van der Waals surface area (Å²) in [6.07, 6.45) is 0.773. The summed E-state index contributed by atoms with van der Waals surface area (Å²) >= 11 is 5.12. The molecule has 0 aliphatic carbocycles. The van der Waals surface area contributed by atoms with Crippen molar-refractivity contribution in [3.63, 3.8) is 0 Å². The fraction of sp³-hybridized carbons (Fsp3) is 0.100. The van der Waals surface area contributed by atoms with E-state index in [1.807, 2.05) is 6.92 Å². The number of para-hydroxylation sites is 1. The number of phenolic OH excluding ortho intramolecular Hbond substituents is 1. The van der Waals surface area contributed by atoms with Crippen molar-refractivity contribution >= 4 is 34.6 Å². The number of rotatable bonds is 5. The Morgan fingerprint density at radius 1 is 1.21 bits per heavy atom. The van der Waals surface area contributed by atoms with Crippen LogP contribution in [0.5, 0.6) is 5.75 Å². The molecule has 0 aliphatic rings. The van der Waals surface area contributed by atoms with Gasteiger partial charge in [-0.3, -0.25) is 20.2 Å².